The first-order valence-corrected chi connectivity index (χ1v) is 6.16. The van der Waals surface area contributed by atoms with Crippen LogP contribution >= 0.6 is 0 Å². The number of aromatic amines is 1. The highest BCUT2D eigenvalue weighted by atomic mass is 16.6. The Bertz CT molecular complexity index is 747. The van der Waals surface area contributed by atoms with Crippen molar-refractivity contribution in [3.63, 3.8) is 0 Å². The van der Waals surface area contributed by atoms with Gasteiger partial charge in [0.05, 0.1) is 4.92 Å². The molecule has 20 heavy (non-hydrogen) atoms. The first kappa shape index (κ1) is 12.2. The second kappa shape index (κ2) is 5.05. The zero-order chi connectivity index (χ0) is 13.9. The Morgan fingerprint density at radius 2 is 1.85 bits per heavy atom. The van der Waals surface area contributed by atoms with Gasteiger partial charge in [-0.1, -0.05) is 12.1 Å². The number of non-ortho nitro benzene ring substituents is 1. The number of nitro groups is 1. The van der Waals surface area contributed by atoms with Crippen molar-refractivity contribution in [2.75, 3.05) is 0 Å². The van der Waals surface area contributed by atoms with Gasteiger partial charge in [0.2, 0.25) is 0 Å². The minimum absolute atomic E-state index is 0.0841. The number of nitrogens with zero attached hydrogens (tertiary/aromatic N) is 1. The van der Waals surface area contributed by atoms with Gasteiger partial charge in [0.25, 0.3) is 5.69 Å². The van der Waals surface area contributed by atoms with Crippen LogP contribution in [0.15, 0.2) is 54.7 Å². The molecule has 0 atom stereocenters. The van der Waals surface area contributed by atoms with Crippen LogP contribution in [0.1, 0.15) is 5.56 Å². The average molecular weight is 268 g/mol. The lowest BCUT2D eigenvalue weighted by molar-refractivity contribution is -0.384. The predicted octanol–water partition coefficient (Wildman–Crippen LogP) is 3.66. The molecule has 5 nitrogen and oxygen atoms in total. The van der Waals surface area contributed by atoms with Gasteiger partial charge in [-0.05, 0) is 29.8 Å². The minimum Gasteiger partial charge on any atom is -0.487 e. The fourth-order valence-corrected chi connectivity index (χ4v) is 2.04. The molecular formula is C15H12N2O3. The monoisotopic (exact) mass is 268 g/mol. The second-order valence-electron chi connectivity index (χ2n) is 4.41. The lowest BCUT2D eigenvalue weighted by Gasteiger charge is -2.04. The number of nitrogens with one attached hydrogen (secondary N) is 1. The summed E-state index contributed by atoms with van der Waals surface area (Å²) < 4.78 is 5.74. The van der Waals surface area contributed by atoms with Gasteiger partial charge in [0, 0.05) is 29.2 Å². The third-order valence-corrected chi connectivity index (χ3v) is 3.09. The van der Waals surface area contributed by atoms with Crippen molar-refractivity contribution in [2.24, 2.45) is 0 Å². The van der Waals surface area contributed by atoms with Gasteiger partial charge in [0.15, 0.2) is 0 Å². The van der Waals surface area contributed by atoms with Gasteiger partial charge in [-0.3, -0.25) is 10.1 Å². The zero-order valence-corrected chi connectivity index (χ0v) is 10.6. The predicted molar refractivity (Wildman–Crippen MR) is 75.7 cm³/mol. The number of hydrogen-bond donors (Lipinski definition) is 1. The van der Waals surface area contributed by atoms with E-state index in [0.717, 1.165) is 22.2 Å². The lowest BCUT2D eigenvalue weighted by Crippen LogP contribution is -1.95. The number of ether oxygens (including phenoxy) is 1. The first-order chi connectivity index (χ1) is 9.74. The molecule has 2 aromatic carbocycles. The highest BCUT2D eigenvalue weighted by Gasteiger charge is 2.06. The molecule has 3 aromatic rings. The number of hydrogen-bond acceptors (Lipinski definition) is 3. The van der Waals surface area contributed by atoms with Crippen LogP contribution < -0.4 is 4.74 Å². The van der Waals surface area contributed by atoms with Gasteiger partial charge in [0.1, 0.15) is 12.4 Å². The molecule has 0 unspecified atom stereocenters. The molecular weight excluding hydrogens is 256 g/mol. The highest BCUT2D eigenvalue weighted by molar-refractivity contribution is 5.85. The van der Waals surface area contributed by atoms with Crippen LogP contribution in [0.25, 0.3) is 10.9 Å². The van der Waals surface area contributed by atoms with Crippen LogP contribution in [0.2, 0.25) is 0 Å². The third-order valence-electron chi connectivity index (χ3n) is 3.09. The van der Waals surface area contributed by atoms with Gasteiger partial charge >= 0.3 is 0 Å². The molecule has 1 heterocycles. The summed E-state index contributed by atoms with van der Waals surface area (Å²) in [6.07, 6.45) is 1.82. The van der Waals surface area contributed by atoms with Crippen molar-refractivity contribution in [3.05, 3.63) is 70.4 Å². The molecule has 100 valence electrons. The Kier molecular flexibility index (Phi) is 3.09. The van der Waals surface area contributed by atoms with Crippen LogP contribution in [0.3, 0.4) is 0 Å². The normalized spacial score (nSPS) is 10.6. The lowest BCUT2D eigenvalue weighted by atomic mass is 10.2. The van der Waals surface area contributed by atoms with E-state index in [1.54, 1.807) is 12.1 Å². The number of aromatic nitrogens is 1. The summed E-state index contributed by atoms with van der Waals surface area (Å²) in [6, 6.07) is 14.2. The van der Waals surface area contributed by atoms with E-state index >= 15 is 0 Å². The molecule has 0 bridgehead atoms. The van der Waals surface area contributed by atoms with Crippen LogP contribution in [0.5, 0.6) is 5.75 Å². The van der Waals surface area contributed by atoms with E-state index in [4.69, 9.17) is 4.74 Å². The van der Waals surface area contributed by atoms with Crippen LogP contribution in [0.4, 0.5) is 5.69 Å². The summed E-state index contributed by atoms with van der Waals surface area (Å²) in [7, 11) is 0. The van der Waals surface area contributed by atoms with Gasteiger partial charge in [-0.25, -0.2) is 0 Å². The molecule has 0 aliphatic rings. The molecule has 0 aliphatic heterocycles. The molecule has 0 saturated carbocycles. The fourth-order valence-electron chi connectivity index (χ4n) is 2.04. The van der Waals surface area contributed by atoms with E-state index in [9.17, 15) is 10.1 Å². The standard InChI is InChI=1S/C15H12N2O3/c18-17(19)12-7-5-11(6-8-12)10-20-15-9-16-14-4-2-1-3-13(14)15/h1-9,16H,10H2. The zero-order valence-electron chi connectivity index (χ0n) is 10.6. The maximum atomic E-state index is 10.6. The summed E-state index contributed by atoms with van der Waals surface area (Å²) >= 11 is 0. The summed E-state index contributed by atoms with van der Waals surface area (Å²) in [6.45, 7) is 0.375. The van der Waals surface area contributed by atoms with Gasteiger partial charge in [-0.15, -0.1) is 0 Å². The second-order valence-corrected chi connectivity index (χ2v) is 4.41. The number of rotatable bonds is 4. The van der Waals surface area contributed by atoms with Crippen molar-refractivity contribution in [2.45, 2.75) is 6.61 Å². The van der Waals surface area contributed by atoms with Crippen molar-refractivity contribution in [1.29, 1.82) is 0 Å². The molecule has 0 spiro atoms. The number of para-hydroxylation sites is 1. The van der Waals surface area contributed by atoms with E-state index < -0.39 is 4.92 Å². The van der Waals surface area contributed by atoms with E-state index in [1.165, 1.54) is 12.1 Å². The maximum absolute atomic E-state index is 10.6. The molecule has 3 rings (SSSR count). The first-order valence-electron chi connectivity index (χ1n) is 6.16. The van der Waals surface area contributed by atoms with Gasteiger partial charge < -0.3 is 9.72 Å². The Morgan fingerprint density at radius 1 is 1.10 bits per heavy atom. The number of nitro benzene ring substituents is 1. The summed E-state index contributed by atoms with van der Waals surface area (Å²) in [5, 5.41) is 11.6. The Hall–Kier alpha value is -2.82. The van der Waals surface area contributed by atoms with Crippen molar-refractivity contribution in [3.8, 4) is 5.75 Å². The van der Waals surface area contributed by atoms with E-state index in [2.05, 4.69) is 4.98 Å². The van der Waals surface area contributed by atoms with E-state index in [1.807, 2.05) is 30.5 Å². The molecule has 5 heteroatoms. The van der Waals surface area contributed by atoms with Crippen molar-refractivity contribution < 1.29 is 9.66 Å². The molecule has 0 fully saturated rings. The number of benzene rings is 2. The van der Waals surface area contributed by atoms with Crippen molar-refractivity contribution >= 4 is 16.6 Å². The quantitative estimate of drug-likeness (QED) is 0.580. The molecule has 1 aromatic heterocycles. The Labute approximate surface area is 115 Å². The SMILES string of the molecule is O=[N+]([O-])c1ccc(COc2c[nH]c3ccccc23)cc1. The molecule has 0 amide bonds. The molecule has 1 N–H and O–H groups in total. The number of fused-ring (bicyclic) bond motifs is 1. The molecule has 0 aliphatic carbocycles. The Morgan fingerprint density at radius 3 is 2.60 bits per heavy atom. The molecule has 0 saturated heterocycles. The van der Waals surface area contributed by atoms with Crippen LogP contribution in [-0.4, -0.2) is 9.91 Å². The fraction of sp³-hybridized carbons (Fsp3) is 0.0667. The average Bonchev–Trinajstić information content (AvgIpc) is 2.89. The summed E-state index contributed by atoms with van der Waals surface area (Å²) in [5.74, 6) is 0.777. The minimum atomic E-state index is -0.412. The largest absolute Gasteiger partial charge is 0.487 e. The summed E-state index contributed by atoms with van der Waals surface area (Å²) in [4.78, 5) is 13.3. The smallest absolute Gasteiger partial charge is 0.269 e. The topological polar surface area (TPSA) is 68.2 Å². The Balaban J connectivity index is 1.74. The number of H-pyrrole nitrogens is 1. The molecule has 0 radical (unpaired) electrons. The van der Waals surface area contributed by atoms with Crippen LogP contribution in [-0.2, 0) is 6.61 Å². The summed E-state index contributed by atoms with van der Waals surface area (Å²) in [5.41, 5.74) is 1.99. The van der Waals surface area contributed by atoms with Crippen molar-refractivity contribution in [1.82, 2.24) is 4.98 Å². The third kappa shape index (κ3) is 2.33. The van der Waals surface area contributed by atoms with Crippen LogP contribution in [0, 0.1) is 10.1 Å². The van der Waals surface area contributed by atoms with Gasteiger partial charge in [-0.2, -0.15) is 0 Å². The highest BCUT2D eigenvalue weighted by Crippen LogP contribution is 2.25. The van der Waals surface area contributed by atoms with E-state index in [0.29, 0.717) is 6.61 Å². The maximum Gasteiger partial charge on any atom is 0.269 e. The van der Waals surface area contributed by atoms with E-state index in [-0.39, 0.29) is 5.69 Å².